The Labute approximate surface area is 137 Å². The summed E-state index contributed by atoms with van der Waals surface area (Å²) < 4.78 is 4.94. The van der Waals surface area contributed by atoms with Gasteiger partial charge in [0.1, 0.15) is 4.88 Å². The Bertz CT molecular complexity index is 674. The maximum Gasteiger partial charge on any atom is 0.350 e. The van der Waals surface area contributed by atoms with E-state index in [2.05, 4.69) is 25.6 Å². The number of aryl methyl sites for hydroxylation is 1. The first-order chi connectivity index (χ1) is 11.1. The lowest BCUT2D eigenvalue weighted by Crippen LogP contribution is -2.16. The Kier molecular flexibility index (Phi) is 5.98. The first kappa shape index (κ1) is 16.8. The molecular formula is C14H17N5O3S. The Morgan fingerprint density at radius 2 is 2.04 bits per heavy atom. The van der Waals surface area contributed by atoms with Crippen LogP contribution in [0.5, 0.6) is 0 Å². The lowest BCUT2D eigenvalue weighted by atomic mass is 10.4. The van der Waals surface area contributed by atoms with Crippen LogP contribution in [0, 0.1) is 6.92 Å². The molecule has 0 bridgehead atoms. The van der Waals surface area contributed by atoms with Crippen molar-refractivity contribution in [3.05, 3.63) is 29.0 Å². The molecule has 9 heteroatoms. The molecule has 0 radical (unpaired) electrons. The molecule has 0 aliphatic carbocycles. The first-order valence-corrected chi connectivity index (χ1v) is 7.87. The van der Waals surface area contributed by atoms with Gasteiger partial charge in [0, 0.05) is 25.4 Å². The van der Waals surface area contributed by atoms with Crippen molar-refractivity contribution in [2.45, 2.75) is 20.3 Å². The molecule has 0 saturated carbocycles. The van der Waals surface area contributed by atoms with Crippen molar-refractivity contribution in [1.29, 1.82) is 0 Å². The fraction of sp³-hybridized carbons (Fsp3) is 0.357. The zero-order valence-electron chi connectivity index (χ0n) is 12.8. The summed E-state index contributed by atoms with van der Waals surface area (Å²) in [4.78, 5) is 36.1. The minimum atomic E-state index is -0.425. The van der Waals surface area contributed by atoms with E-state index in [1.54, 1.807) is 32.3 Å². The van der Waals surface area contributed by atoms with Crippen LogP contribution < -0.4 is 10.6 Å². The molecule has 0 atom stereocenters. The van der Waals surface area contributed by atoms with Crippen LogP contribution in [0.4, 0.5) is 11.1 Å². The largest absolute Gasteiger partial charge is 0.462 e. The quantitative estimate of drug-likeness (QED) is 0.744. The maximum atomic E-state index is 11.9. The summed E-state index contributed by atoms with van der Waals surface area (Å²) in [5.41, 5.74) is 0.541. The van der Waals surface area contributed by atoms with E-state index in [4.69, 9.17) is 4.74 Å². The predicted molar refractivity (Wildman–Crippen MR) is 86.6 cm³/mol. The maximum absolute atomic E-state index is 11.9. The molecule has 2 aromatic rings. The van der Waals surface area contributed by atoms with Crippen LogP contribution in [-0.2, 0) is 9.53 Å². The van der Waals surface area contributed by atoms with Crippen molar-refractivity contribution in [2.24, 2.45) is 0 Å². The molecule has 8 nitrogen and oxygen atoms in total. The number of aromatic nitrogens is 3. The van der Waals surface area contributed by atoms with E-state index in [0.29, 0.717) is 34.8 Å². The van der Waals surface area contributed by atoms with Crippen LogP contribution in [0.2, 0.25) is 0 Å². The first-order valence-electron chi connectivity index (χ1n) is 7.05. The highest BCUT2D eigenvalue weighted by Crippen LogP contribution is 2.23. The second-order valence-electron chi connectivity index (χ2n) is 4.45. The van der Waals surface area contributed by atoms with Gasteiger partial charge in [0.25, 0.3) is 0 Å². The van der Waals surface area contributed by atoms with Crippen molar-refractivity contribution in [3.8, 4) is 0 Å². The van der Waals surface area contributed by atoms with E-state index in [1.807, 2.05) is 0 Å². The topological polar surface area (TPSA) is 106 Å². The summed E-state index contributed by atoms with van der Waals surface area (Å²) in [6.45, 7) is 4.13. The molecule has 2 heterocycles. The van der Waals surface area contributed by atoms with E-state index in [1.165, 1.54) is 0 Å². The molecule has 2 N–H and O–H groups in total. The fourth-order valence-corrected chi connectivity index (χ4v) is 2.57. The van der Waals surface area contributed by atoms with Crippen LogP contribution in [0.25, 0.3) is 0 Å². The second-order valence-corrected chi connectivity index (χ2v) is 5.45. The van der Waals surface area contributed by atoms with Gasteiger partial charge in [-0.3, -0.25) is 4.79 Å². The van der Waals surface area contributed by atoms with Gasteiger partial charge in [-0.15, -0.1) is 0 Å². The highest BCUT2D eigenvalue weighted by molar-refractivity contribution is 7.17. The van der Waals surface area contributed by atoms with Gasteiger partial charge in [-0.2, -0.15) is 0 Å². The lowest BCUT2D eigenvalue weighted by molar-refractivity contribution is -0.115. The van der Waals surface area contributed by atoms with Gasteiger partial charge in [0.2, 0.25) is 11.9 Å². The van der Waals surface area contributed by atoms with Gasteiger partial charge in [0.15, 0.2) is 5.13 Å². The number of hydrogen-bond donors (Lipinski definition) is 2. The van der Waals surface area contributed by atoms with E-state index in [9.17, 15) is 9.59 Å². The SMILES string of the molecule is CCOC(=O)c1sc(NC(=O)CCNc2ncccn2)nc1C. The standard InChI is InChI=1S/C14H17N5O3S/c1-3-22-12(21)11-9(2)18-14(23-11)19-10(20)5-8-17-13-15-6-4-7-16-13/h4,6-7H,3,5,8H2,1-2H3,(H,15,16,17)(H,18,19,20). The van der Waals surface area contributed by atoms with Gasteiger partial charge in [-0.05, 0) is 19.9 Å². The van der Waals surface area contributed by atoms with E-state index in [-0.39, 0.29) is 12.3 Å². The van der Waals surface area contributed by atoms with Crippen LogP contribution in [-0.4, -0.2) is 40.0 Å². The molecule has 23 heavy (non-hydrogen) atoms. The van der Waals surface area contributed by atoms with Crippen LogP contribution in [0.15, 0.2) is 18.5 Å². The normalized spacial score (nSPS) is 10.2. The third-order valence-electron chi connectivity index (χ3n) is 2.70. The highest BCUT2D eigenvalue weighted by atomic mass is 32.1. The number of carbonyl (C=O) groups is 2. The minimum Gasteiger partial charge on any atom is -0.462 e. The van der Waals surface area contributed by atoms with Gasteiger partial charge in [0.05, 0.1) is 12.3 Å². The summed E-state index contributed by atoms with van der Waals surface area (Å²) in [5, 5.41) is 5.99. The number of carbonyl (C=O) groups excluding carboxylic acids is 2. The number of nitrogens with one attached hydrogen (secondary N) is 2. The molecule has 0 unspecified atom stereocenters. The summed E-state index contributed by atoms with van der Waals surface area (Å²) in [7, 11) is 0. The Hall–Kier alpha value is -2.55. The molecule has 0 saturated heterocycles. The van der Waals surface area contributed by atoms with Crippen molar-refractivity contribution in [1.82, 2.24) is 15.0 Å². The van der Waals surface area contributed by atoms with Crippen molar-refractivity contribution >= 4 is 34.3 Å². The second kappa shape index (κ2) is 8.18. The number of thiazole rings is 1. The molecule has 0 aliphatic heterocycles. The zero-order valence-corrected chi connectivity index (χ0v) is 13.6. The number of anilines is 2. The predicted octanol–water partition coefficient (Wildman–Crippen LogP) is 1.86. The number of nitrogens with zero attached hydrogens (tertiary/aromatic N) is 3. The minimum absolute atomic E-state index is 0.211. The monoisotopic (exact) mass is 335 g/mol. The molecule has 2 aromatic heterocycles. The average Bonchev–Trinajstić information content (AvgIpc) is 2.89. The summed E-state index contributed by atoms with van der Waals surface area (Å²) in [6, 6.07) is 1.71. The summed E-state index contributed by atoms with van der Waals surface area (Å²) >= 11 is 1.10. The molecule has 0 fully saturated rings. The third kappa shape index (κ3) is 4.99. The average molecular weight is 335 g/mol. The molecular weight excluding hydrogens is 318 g/mol. The Morgan fingerprint density at radius 1 is 1.30 bits per heavy atom. The molecule has 1 amide bonds. The van der Waals surface area contributed by atoms with Crippen LogP contribution in [0.3, 0.4) is 0 Å². The Morgan fingerprint density at radius 3 is 2.74 bits per heavy atom. The zero-order chi connectivity index (χ0) is 16.7. The summed E-state index contributed by atoms with van der Waals surface area (Å²) in [5.74, 6) is -0.168. The van der Waals surface area contributed by atoms with E-state index < -0.39 is 5.97 Å². The molecule has 0 aliphatic rings. The molecule has 0 aromatic carbocycles. The number of esters is 1. The molecule has 122 valence electrons. The Balaban J connectivity index is 1.83. The molecule has 2 rings (SSSR count). The third-order valence-corrected chi connectivity index (χ3v) is 3.76. The number of hydrogen-bond acceptors (Lipinski definition) is 8. The van der Waals surface area contributed by atoms with E-state index in [0.717, 1.165) is 11.3 Å². The van der Waals surface area contributed by atoms with Crippen molar-refractivity contribution in [3.63, 3.8) is 0 Å². The molecule has 0 spiro atoms. The van der Waals surface area contributed by atoms with Crippen LogP contribution >= 0.6 is 11.3 Å². The summed E-state index contributed by atoms with van der Waals surface area (Å²) in [6.07, 6.45) is 3.46. The fourth-order valence-electron chi connectivity index (χ4n) is 1.70. The van der Waals surface area contributed by atoms with Gasteiger partial charge < -0.3 is 15.4 Å². The smallest absolute Gasteiger partial charge is 0.350 e. The highest BCUT2D eigenvalue weighted by Gasteiger charge is 2.17. The van der Waals surface area contributed by atoms with Gasteiger partial charge >= 0.3 is 5.97 Å². The van der Waals surface area contributed by atoms with E-state index >= 15 is 0 Å². The van der Waals surface area contributed by atoms with Crippen LogP contribution in [0.1, 0.15) is 28.7 Å². The van der Waals surface area contributed by atoms with Gasteiger partial charge in [-0.1, -0.05) is 11.3 Å². The van der Waals surface area contributed by atoms with Crippen molar-refractivity contribution in [2.75, 3.05) is 23.8 Å². The lowest BCUT2D eigenvalue weighted by Gasteiger charge is -2.03. The number of rotatable bonds is 7. The number of amides is 1. The van der Waals surface area contributed by atoms with Crippen molar-refractivity contribution < 1.29 is 14.3 Å². The van der Waals surface area contributed by atoms with Gasteiger partial charge in [-0.25, -0.2) is 19.7 Å². The number of ether oxygens (including phenoxy) is 1.